The molecule has 2 N–H and O–H groups in total. The second-order valence-corrected chi connectivity index (χ2v) is 6.51. The number of ether oxygens (including phenoxy) is 1. The highest BCUT2D eigenvalue weighted by Gasteiger charge is 2.10. The first-order chi connectivity index (χ1) is 11.7. The standard InChI is InChI=1S/C16H21BrN6O/c1-12-2-3-14(13(17)10-12)20-16-21-15(11-19-22-16)18-4-5-23-6-8-24-9-7-23/h2-3,10-11H,4-9H2,1H3,(H2,18,20,21,22). The van der Waals surface area contributed by atoms with Crippen molar-refractivity contribution in [3.05, 3.63) is 34.4 Å². The number of anilines is 3. The third kappa shape index (κ3) is 4.86. The van der Waals surface area contributed by atoms with Gasteiger partial charge in [0.15, 0.2) is 5.82 Å². The zero-order chi connectivity index (χ0) is 16.8. The summed E-state index contributed by atoms with van der Waals surface area (Å²) in [7, 11) is 0. The fourth-order valence-corrected chi connectivity index (χ4v) is 3.04. The topological polar surface area (TPSA) is 75.2 Å². The van der Waals surface area contributed by atoms with Gasteiger partial charge in [-0.15, -0.1) is 5.10 Å². The molecular weight excluding hydrogens is 372 g/mol. The van der Waals surface area contributed by atoms with Crippen LogP contribution in [0.2, 0.25) is 0 Å². The van der Waals surface area contributed by atoms with Gasteiger partial charge in [0, 0.05) is 30.7 Å². The van der Waals surface area contributed by atoms with Crippen LogP contribution in [-0.2, 0) is 4.74 Å². The highest BCUT2D eigenvalue weighted by atomic mass is 79.9. The molecule has 0 spiro atoms. The van der Waals surface area contributed by atoms with Gasteiger partial charge in [-0.1, -0.05) is 6.07 Å². The Morgan fingerprint density at radius 2 is 2.12 bits per heavy atom. The van der Waals surface area contributed by atoms with Gasteiger partial charge in [0.2, 0.25) is 5.95 Å². The Bertz CT molecular complexity index is 677. The summed E-state index contributed by atoms with van der Waals surface area (Å²) in [6, 6.07) is 6.06. The molecule has 0 unspecified atom stereocenters. The van der Waals surface area contributed by atoms with Gasteiger partial charge in [-0.05, 0) is 40.5 Å². The Morgan fingerprint density at radius 1 is 1.29 bits per heavy atom. The van der Waals surface area contributed by atoms with E-state index >= 15 is 0 Å². The molecule has 2 aromatic rings. The second kappa shape index (κ2) is 8.36. The molecule has 0 saturated carbocycles. The summed E-state index contributed by atoms with van der Waals surface area (Å²) in [4.78, 5) is 6.82. The highest BCUT2D eigenvalue weighted by Crippen LogP contribution is 2.25. The highest BCUT2D eigenvalue weighted by molar-refractivity contribution is 9.10. The van der Waals surface area contributed by atoms with Crippen LogP contribution in [0.15, 0.2) is 28.9 Å². The number of hydrogen-bond acceptors (Lipinski definition) is 7. The van der Waals surface area contributed by atoms with Gasteiger partial charge in [0.25, 0.3) is 0 Å². The van der Waals surface area contributed by atoms with Gasteiger partial charge < -0.3 is 15.4 Å². The molecule has 0 aliphatic carbocycles. The summed E-state index contributed by atoms with van der Waals surface area (Å²) >= 11 is 3.54. The van der Waals surface area contributed by atoms with Gasteiger partial charge in [-0.3, -0.25) is 4.90 Å². The molecule has 1 saturated heterocycles. The molecule has 1 aliphatic heterocycles. The van der Waals surface area contributed by atoms with Crippen LogP contribution in [0.3, 0.4) is 0 Å². The average Bonchev–Trinajstić information content (AvgIpc) is 2.59. The quantitative estimate of drug-likeness (QED) is 0.781. The number of morpholine rings is 1. The van der Waals surface area contributed by atoms with Crippen LogP contribution in [0.5, 0.6) is 0 Å². The minimum Gasteiger partial charge on any atom is -0.379 e. The minimum absolute atomic E-state index is 0.468. The van der Waals surface area contributed by atoms with Crippen molar-refractivity contribution in [3.63, 3.8) is 0 Å². The van der Waals surface area contributed by atoms with Gasteiger partial charge in [-0.2, -0.15) is 10.1 Å². The van der Waals surface area contributed by atoms with Gasteiger partial charge in [0.1, 0.15) is 0 Å². The number of benzene rings is 1. The van der Waals surface area contributed by atoms with Gasteiger partial charge in [0.05, 0.1) is 25.1 Å². The van der Waals surface area contributed by atoms with Crippen LogP contribution in [-0.4, -0.2) is 59.5 Å². The van der Waals surface area contributed by atoms with Crippen molar-refractivity contribution in [2.24, 2.45) is 0 Å². The molecule has 3 rings (SSSR count). The predicted molar refractivity (Wildman–Crippen MR) is 97.7 cm³/mol. The van der Waals surface area contributed by atoms with E-state index < -0.39 is 0 Å². The van der Waals surface area contributed by atoms with Crippen LogP contribution in [0.1, 0.15) is 5.56 Å². The first kappa shape index (κ1) is 17.1. The minimum atomic E-state index is 0.468. The smallest absolute Gasteiger partial charge is 0.249 e. The van der Waals surface area contributed by atoms with Crippen LogP contribution in [0.4, 0.5) is 17.5 Å². The lowest BCUT2D eigenvalue weighted by Gasteiger charge is -2.26. The molecule has 0 amide bonds. The maximum Gasteiger partial charge on any atom is 0.249 e. The van der Waals surface area contributed by atoms with Gasteiger partial charge >= 0.3 is 0 Å². The van der Waals surface area contributed by atoms with E-state index in [9.17, 15) is 0 Å². The maximum absolute atomic E-state index is 5.35. The van der Waals surface area contributed by atoms with Crippen LogP contribution < -0.4 is 10.6 Å². The summed E-state index contributed by atoms with van der Waals surface area (Å²) < 4.78 is 6.32. The molecule has 8 heteroatoms. The summed E-state index contributed by atoms with van der Waals surface area (Å²) in [6.45, 7) is 7.41. The van der Waals surface area contributed by atoms with Crippen molar-refractivity contribution < 1.29 is 4.74 Å². The lowest BCUT2D eigenvalue weighted by Crippen LogP contribution is -2.39. The summed E-state index contributed by atoms with van der Waals surface area (Å²) in [5, 5.41) is 14.5. The van der Waals surface area contributed by atoms with E-state index in [4.69, 9.17) is 4.74 Å². The van der Waals surface area contributed by atoms with Crippen molar-refractivity contribution in [1.82, 2.24) is 20.1 Å². The maximum atomic E-state index is 5.35. The number of aryl methyl sites for hydroxylation is 1. The average molecular weight is 393 g/mol. The normalized spacial score (nSPS) is 15.2. The number of nitrogens with zero attached hydrogens (tertiary/aromatic N) is 4. The van der Waals surface area contributed by atoms with Crippen LogP contribution in [0.25, 0.3) is 0 Å². The number of aromatic nitrogens is 3. The SMILES string of the molecule is Cc1ccc(Nc2nncc(NCCN3CCOCC3)n2)c(Br)c1. The first-order valence-corrected chi connectivity index (χ1v) is 8.77. The molecule has 0 bridgehead atoms. The van der Waals surface area contributed by atoms with Crippen LogP contribution >= 0.6 is 15.9 Å². The van der Waals surface area contributed by atoms with Crippen molar-refractivity contribution >= 4 is 33.4 Å². The van der Waals surface area contributed by atoms with Gasteiger partial charge in [-0.25, -0.2) is 0 Å². The molecule has 0 atom stereocenters. The lowest BCUT2D eigenvalue weighted by atomic mass is 10.2. The van der Waals surface area contributed by atoms with E-state index in [0.29, 0.717) is 11.8 Å². The van der Waals surface area contributed by atoms with Crippen LogP contribution in [0, 0.1) is 6.92 Å². The molecule has 0 radical (unpaired) electrons. The Kier molecular flexibility index (Phi) is 5.95. The zero-order valence-corrected chi connectivity index (χ0v) is 15.2. The van der Waals surface area contributed by atoms with E-state index in [1.165, 1.54) is 5.56 Å². The van der Waals surface area contributed by atoms with E-state index in [1.54, 1.807) is 6.20 Å². The number of rotatable bonds is 6. The van der Waals surface area contributed by atoms with E-state index in [2.05, 4.69) is 46.6 Å². The Labute approximate surface area is 150 Å². The van der Waals surface area contributed by atoms with Crippen molar-refractivity contribution in [1.29, 1.82) is 0 Å². The van der Waals surface area contributed by atoms with Crippen molar-refractivity contribution in [3.8, 4) is 0 Å². The summed E-state index contributed by atoms with van der Waals surface area (Å²) in [5.41, 5.74) is 2.10. The Hall–Kier alpha value is -1.77. The molecule has 2 heterocycles. The molecular formula is C16H21BrN6O. The first-order valence-electron chi connectivity index (χ1n) is 7.97. The lowest BCUT2D eigenvalue weighted by molar-refractivity contribution is 0.0398. The molecule has 7 nitrogen and oxygen atoms in total. The molecule has 24 heavy (non-hydrogen) atoms. The Balaban J connectivity index is 1.55. The van der Waals surface area contributed by atoms with Crippen molar-refractivity contribution in [2.75, 3.05) is 50.0 Å². The molecule has 1 aliphatic rings. The number of nitrogens with one attached hydrogen (secondary N) is 2. The molecule has 128 valence electrons. The summed E-state index contributed by atoms with van der Waals surface area (Å²) in [5.74, 6) is 1.18. The fourth-order valence-electron chi connectivity index (χ4n) is 2.45. The predicted octanol–water partition coefficient (Wildman–Crippen LogP) is 2.43. The zero-order valence-electron chi connectivity index (χ0n) is 13.6. The van der Waals surface area contributed by atoms with E-state index in [0.717, 1.165) is 49.6 Å². The van der Waals surface area contributed by atoms with Crippen molar-refractivity contribution in [2.45, 2.75) is 6.92 Å². The monoisotopic (exact) mass is 392 g/mol. The number of hydrogen-bond donors (Lipinski definition) is 2. The Morgan fingerprint density at radius 3 is 2.92 bits per heavy atom. The molecule has 1 aromatic carbocycles. The molecule has 1 fully saturated rings. The van der Waals surface area contributed by atoms with E-state index in [-0.39, 0.29) is 0 Å². The van der Waals surface area contributed by atoms with E-state index in [1.807, 2.05) is 25.1 Å². The largest absolute Gasteiger partial charge is 0.379 e. The number of halogens is 1. The summed E-state index contributed by atoms with van der Waals surface area (Å²) in [6.07, 6.45) is 1.63. The second-order valence-electron chi connectivity index (χ2n) is 5.65. The third-order valence-corrected chi connectivity index (χ3v) is 4.42. The third-order valence-electron chi connectivity index (χ3n) is 3.77. The molecule has 1 aromatic heterocycles. The fraction of sp³-hybridized carbons (Fsp3) is 0.438.